The van der Waals surface area contributed by atoms with E-state index in [4.69, 9.17) is 5.73 Å². The zero-order valence-corrected chi connectivity index (χ0v) is 12.8. The van der Waals surface area contributed by atoms with Crippen LogP contribution in [0.5, 0.6) is 0 Å². The van der Waals surface area contributed by atoms with Gasteiger partial charge >= 0.3 is 116 Å². The number of rotatable bonds is 2. The Labute approximate surface area is 116 Å². The van der Waals surface area contributed by atoms with E-state index in [1.165, 1.54) is 14.5 Å². The Morgan fingerprint density at radius 3 is 2.25 bits per heavy atom. The summed E-state index contributed by atoms with van der Waals surface area (Å²) < 4.78 is 3.91. The second kappa shape index (κ2) is 5.21. The molecule has 0 aliphatic carbocycles. The van der Waals surface area contributed by atoms with E-state index in [0.717, 1.165) is 9.26 Å². The molecule has 0 aliphatic heterocycles. The summed E-state index contributed by atoms with van der Waals surface area (Å²) in [6.07, 6.45) is 0. The van der Waals surface area contributed by atoms with Gasteiger partial charge in [0.1, 0.15) is 0 Å². The summed E-state index contributed by atoms with van der Waals surface area (Å²) in [6.45, 7) is 2.11. The minimum absolute atomic E-state index is 0.376. The average molecular weight is 388 g/mol. The van der Waals surface area contributed by atoms with Gasteiger partial charge in [-0.1, -0.05) is 0 Å². The monoisotopic (exact) mass is 389 g/mol. The van der Waals surface area contributed by atoms with Gasteiger partial charge in [0.25, 0.3) is 0 Å². The van der Waals surface area contributed by atoms with Crippen LogP contribution in [0.4, 0.5) is 5.69 Å². The molecule has 82 valence electrons. The first-order valence-electron chi connectivity index (χ1n) is 4.95. The molecule has 0 bridgehead atoms. The van der Waals surface area contributed by atoms with Gasteiger partial charge in [0.05, 0.1) is 0 Å². The Morgan fingerprint density at radius 2 is 1.62 bits per heavy atom. The Balaban J connectivity index is 2.20. The molecule has 3 heteroatoms. The SMILES string of the molecule is Cc1ccc([Se]c2ccc(N)c(I)c2)cc1. The Hall–Kier alpha value is -0.511. The van der Waals surface area contributed by atoms with Crippen molar-refractivity contribution in [2.24, 2.45) is 0 Å². The fourth-order valence-corrected chi connectivity index (χ4v) is 4.10. The molecule has 2 rings (SSSR count). The number of aryl methyl sites for hydroxylation is 1. The predicted octanol–water partition coefficient (Wildman–Crippen LogP) is 1.84. The third-order valence-electron chi connectivity index (χ3n) is 2.23. The molecule has 0 saturated heterocycles. The van der Waals surface area contributed by atoms with Crippen molar-refractivity contribution >= 4 is 52.2 Å². The first-order chi connectivity index (χ1) is 7.65. The normalized spacial score (nSPS) is 10.4. The number of nitrogen functional groups attached to an aromatic ring is 1. The van der Waals surface area contributed by atoms with Gasteiger partial charge < -0.3 is 0 Å². The average Bonchev–Trinajstić information content (AvgIpc) is 2.27. The van der Waals surface area contributed by atoms with E-state index < -0.39 is 0 Å². The van der Waals surface area contributed by atoms with Crippen LogP contribution < -0.4 is 14.7 Å². The molecule has 0 heterocycles. The van der Waals surface area contributed by atoms with Crippen molar-refractivity contribution in [3.63, 3.8) is 0 Å². The summed E-state index contributed by atoms with van der Waals surface area (Å²) in [4.78, 5) is 0. The van der Waals surface area contributed by atoms with Gasteiger partial charge in [0.15, 0.2) is 0 Å². The van der Waals surface area contributed by atoms with E-state index >= 15 is 0 Å². The van der Waals surface area contributed by atoms with Crippen molar-refractivity contribution in [3.8, 4) is 0 Å². The molecule has 0 aromatic heterocycles. The molecule has 2 N–H and O–H groups in total. The summed E-state index contributed by atoms with van der Waals surface area (Å²) in [6, 6.07) is 15.0. The van der Waals surface area contributed by atoms with Crippen LogP contribution in [0.2, 0.25) is 0 Å². The maximum atomic E-state index is 5.80. The number of anilines is 1. The molecule has 0 fully saturated rings. The molecular weight excluding hydrogens is 376 g/mol. The van der Waals surface area contributed by atoms with Gasteiger partial charge in [0.2, 0.25) is 0 Å². The Morgan fingerprint density at radius 1 is 1.00 bits per heavy atom. The van der Waals surface area contributed by atoms with Crippen LogP contribution in [0.25, 0.3) is 0 Å². The van der Waals surface area contributed by atoms with Crippen LogP contribution in [0, 0.1) is 10.5 Å². The quantitative estimate of drug-likeness (QED) is 0.475. The van der Waals surface area contributed by atoms with Crippen LogP contribution in [-0.2, 0) is 0 Å². The number of nitrogens with two attached hydrogens (primary N) is 1. The molecule has 2 aromatic rings. The molecule has 0 atom stereocenters. The van der Waals surface area contributed by atoms with Crippen molar-refractivity contribution in [1.82, 2.24) is 0 Å². The topological polar surface area (TPSA) is 26.0 Å². The van der Waals surface area contributed by atoms with Gasteiger partial charge in [-0.2, -0.15) is 0 Å². The van der Waals surface area contributed by atoms with Gasteiger partial charge in [-0.15, -0.1) is 0 Å². The fourth-order valence-electron chi connectivity index (χ4n) is 1.31. The number of hydrogen-bond acceptors (Lipinski definition) is 1. The van der Waals surface area contributed by atoms with Gasteiger partial charge in [-0.05, 0) is 0 Å². The van der Waals surface area contributed by atoms with E-state index in [9.17, 15) is 0 Å². The summed E-state index contributed by atoms with van der Waals surface area (Å²) in [5.74, 6) is 0. The zero-order chi connectivity index (χ0) is 11.5. The summed E-state index contributed by atoms with van der Waals surface area (Å²) in [5, 5.41) is 0. The molecule has 16 heavy (non-hydrogen) atoms. The van der Waals surface area contributed by atoms with E-state index in [1.807, 2.05) is 6.07 Å². The molecule has 1 nitrogen and oxygen atoms in total. The van der Waals surface area contributed by atoms with Crippen molar-refractivity contribution in [2.75, 3.05) is 5.73 Å². The van der Waals surface area contributed by atoms with Gasteiger partial charge in [-0.3, -0.25) is 0 Å². The molecular formula is C13H12INSe. The summed E-state index contributed by atoms with van der Waals surface area (Å²) in [7, 11) is 0. The van der Waals surface area contributed by atoms with Crippen molar-refractivity contribution < 1.29 is 0 Å². The van der Waals surface area contributed by atoms with E-state index in [1.54, 1.807) is 0 Å². The minimum atomic E-state index is 0.376. The zero-order valence-electron chi connectivity index (χ0n) is 8.91. The van der Waals surface area contributed by atoms with Gasteiger partial charge in [-0.25, -0.2) is 0 Å². The number of halogens is 1. The van der Waals surface area contributed by atoms with Crippen LogP contribution in [0.15, 0.2) is 42.5 Å². The fraction of sp³-hybridized carbons (Fsp3) is 0.0769. The van der Waals surface area contributed by atoms with Crippen LogP contribution in [0.3, 0.4) is 0 Å². The Bertz CT molecular complexity index is 494. The van der Waals surface area contributed by atoms with Crippen molar-refractivity contribution in [2.45, 2.75) is 6.92 Å². The van der Waals surface area contributed by atoms with Crippen molar-refractivity contribution in [1.29, 1.82) is 0 Å². The van der Waals surface area contributed by atoms with Crippen molar-refractivity contribution in [3.05, 3.63) is 51.6 Å². The molecule has 0 amide bonds. The summed E-state index contributed by atoms with van der Waals surface area (Å²) in [5.41, 5.74) is 7.98. The van der Waals surface area contributed by atoms with E-state index in [-0.39, 0.29) is 0 Å². The second-order valence-corrected chi connectivity index (χ2v) is 7.17. The van der Waals surface area contributed by atoms with E-state index in [2.05, 4.69) is 65.9 Å². The third-order valence-corrected chi connectivity index (χ3v) is 5.26. The Kier molecular flexibility index (Phi) is 3.90. The summed E-state index contributed by atoms with van der Waals surface area (Å²) >= 11 is 2.66. The van der Waals surface area contributed by atoms with Gasteiger partial charge in [0, 0.05) is 0 Å². The first-order valence-corrected chi connectivity index (χ1v) is 7.74. The molecule has 0 spiro atoms. The molecule has 2 aromatic carbocycles. The van der Waals surface area contributed by atoms with Crippen LogP contribution in [0.1, 0.15) is 5.56 Å². The molecule has 0 radical (unpaired) electrons. The van der Waals surface area contributed by atoms with Crippen LogP contribution >= 0.6 is 22.6 Å². The van der Waals surface area contributed by atoms with E-state index in [0.29, 0.717) is 15.0 Å². The second-order valence-electron chi connectivity index (χ2n) is 3.60. The third kappa shape index (κ3) is 3.00. The first kappa shape index (κ1) is 12.0. The number of hydrogen-bond donors (Lipinski definition) is 1. The molecule has 0 saturated carbocycles. The molecule has 0 aliphatic rings. The maximum absolute atomic E-state index is 5.80. The van der Waals surface area contributed by atoms with Crippen LogP contribution in [-0.4, -0.2) is 15.0 Å². The standard InChI is InChI=1S/C13H12INSe/c1-9-2-4-10(5-3-9)16-11-6-7-13(15)12(14)8-11/h2-8H,15H2,1H3. The molecule has 0 unspecified atom stereocenters. The predicted molar refractivity (Wildman–Crippen MR) is 79.8 cm³/mol. The number of benzene rings is 2.